The number of rotatable bonds is 7. The molecule has 0 fully saturated rings. The quantitative estimate of drug-likeness (QED) is 0.272. The van der Waals surface area contributed by atoms with Gasteiger partial charge in [0.1, 0.15) is 17.1 Å². The number of carbonyl (C=O) groups is 1. The molecule has 2 aromatic heterocycles. The highest BCUT2D eigenvalue weighted by Gasteiger charge is 2.29. The normalized spacial score (nSPS) is 13.3. The molecule has 6 rings (SSSR count). The lowest BCUT2D eigenvalue weighted by Gasteiger charge is -2.30. The van der Waals surface area contributed by atoms with Gasteiger partial charge in [0.05, 0.1) is 27.6 Å². The minimum absolute atomic E-state index is 0.140. The zero-order valence-corrected chi connectivity index (χ0v) is 23.6. The molecule has 1 aliphatic rings. The Kier molecular flexibility index (Phi) is 6.77. The van der Waals surface area contributed by atoms with Crippen molar-refractivity contribution in [3.05, 3.63) is 89.6 Å². The van der Waals surface area contributed by atoms with Gasteiger partial charge < -0.3 is 10.1 Å². The van der Waals surface area contributed by atoms with Crippen molar-refractivity contribution in [2.75, 3.05) is 22.8 Å². The van der Waals surface area contributed by atoms with Gasteiger partial charge in [-0.15, -0.1) is 0 Å². The number of anilines is 2. The maximum Gasteiger partial charge on any atom is 0.264 e. The first kappa shape index (κ1) is 26.0. The predicted molar refractivity (Wildman–Crippen MR) is 156 cm³/mol. The van der Waals surface area contributed by atoms with E-state index < -0.39 is 10.0 Å². The molecular formula is C29H27N5O4S2. The summed E-state index contributed by atoms with van der Waals surface area (Å²) in [5, 5.41) is 8.03. The van der Waals surface area contributed by atoms with E-state index in [1.54, 1.807) is 10.7 Å². The number of hydrogen-bond donors (Lipinski definition) is 1. The summed E-state index contributed by atoms with van der Waals surface area (Å²) in [6, 6.07) is 21.1. The van der Waals surface area contributed by atoms with E-state index in [0.717, 1.165) is 28.6 Å². The number of nitrogens with one attached hydrogen (secondary N) is 1. The molecule has 1 aliphatic heterocycles. The van der Waals surface area contributed by atoms with Crippen molar-refractivity contribution in [2.24, 2.45) is 0 Å². The van der Waals surface area contributed by atoms with Crippen LogP contribution in [0.4, 0.5) is 11.5 Å². The fourth-order valence-corrected chi connectivity index (χ4v) is 7.34. The van der Waals surface area contributed by atoms with Crippen LogP contribution in [0.25, 0.3) is 15.3 Å². The topological polar surface area (TPSA) is 106 Å². The second-order valence-electron chi connectivity index (χ2n) is 9.40. The summed E-state index contributed by atoms with van der Waals surface area (Å²) in [6.45, 7) is 4.71. The zero-order valence-electron chi connectivity index (χ0n) is 22.0. The number of amides is 1. The van der Waals surface area contributed by atoms with Crippen LogP contribution in [0, 0.1) is 6.92 Å². The van der Waals surface area contributed by atoms with E-state index in [4.69, 9.17) is 9.72 Å². The summed E-state index contributed by atoms with van der Waals surface area (Å²) in [4.78, 5) is 18.1. The van der Waals surface area contributed by atoms with Gasteiger partial charge in [-0.1, -0.05) is 35.6 Å². The van der Waals surface area contributed by atoms with E-state index in [2.05, 4.69) is 10.4 Å². The molecule has 3 heterocycles. The highest BCUT2D eigenvalue weighted by molar-refractivity contribution is 7.92. The first-order valence-corrected chi connectivity index (χ1v) is 15.2. The SMILES string of the molecule is CCOc1cccc2sc(-n3nc(C)cc3NC(=O)c3ccc(S(=O)(=O)N4CCCc5ccccc54)cc3)nc12. The average Bonchev–Trinajstić information content (AvgIpc) is 3.56. The number of nitrogens with zero attached hydrogens (tertiary/aromatic N) is 4. The molecule has 3 aromatic carbocycles. The molecule has 1 N–H and O–H groups in total. The van der Waals surface area contributed by atoms with E-state index in [0.29, 0.717) is 46.8 Å². The van der Waals surface area contributed by atoms with Crippen molar-refractivity contribution < 1.29 is 17.9 Å². The maximum atomic E-state index is 13.5. The van der Waals surface area contributed by atoms with Gasteiger partial charge in [0.15, 0.2) is 0 Å². The summed E-state index contributed by atoms with van der Waals surface area (Å²) >= 11 is 1.44. The predicted octanol–water partition coefficient (Wildman–Crippen LogP) is 5.58. The minimum Gasteiger partial charge on any atom is -0.492 e. The number of sulfonamides is 1. The number of carbonyl (C=O) groups excluding carboxylic acids is 1. The second kappa shape index (κ2) is 10.4. The number of aryl methyl sites for hydroxylation is 2. The highest BCUT2D eigenvalue weighted by Crippen LogP contribution is 2.34. The maximum absolute atomic E-state index is 13.5. The summed E-state index contributed by atoms with van der Waals surface area (Å²) < 4.78 is 36.6. The molecule has 0 unspecified atom stereocenters. The number of thiazole rings is 1. The van der Waals surface area contributed by atoms with Gasteiger partial charge in [-0.2, -0.15) is 9.78 Å². The van der Waals surface area contributed by atoms with Crippen molar-refractivity contribution >= 4 is 49.0 Å². The van der Waals surface area contributed by atoms with E-state index in [9.17, 15) is 13.2 Å². The third kappa shape index (κ3) is 4.71. The van der Waals surface area contributed by atoms with Gasteiger partial charge in [-0.05, 0) is 74.7 Å². The van der Waals surface area contributed by atoms with E-state index in [1.165, 1.54) is 39.9 Å². The number of para-hydroxylation sites is 2. The van der Waals surface area contributed by atoms with Crippen molar-refractivity contribution in [2.45, 2.75) is 31.6 Å². The number of benzene rings is 3. The highest BCUT2D eigenvalue weighted by atomic mass is 32.2. The van der Waals surface area contributed by atoms with Crippen molar-refractivity contribution in [1.29, 1.82) is 0 Å². The van der Waals surface area contributed by atoms with Crippen LogP contribution in [0.5, 0.6) is 5.75 Å². The third-order valence-corrected chi connectivity index (χ3v) is 9.52. The molecule has 204 valence electrons. The van der Waals surface area contributed by atoms with Crippen LogP contribution in [0.3, 0.4) is 0 Å². The second-order valence-corrected chi connectivity index (χ2v) is 12.3. The standard InChI is InChI=1S/C29H27N5O4S2/c1-3-38-24-11-6-12-25-27(24)31-29(39-25)34-26(18-19(2)32-34)30-28(35)21-13-15-22(16-14-21)40(36,37)33-17-7-9-20-8-4-5-10-23(20)33/h4-6,8,10-16,18H,3,7,9,17H2,1-2H3,(H,30,35). The zero-order chi connectivity index (χ0) is 27.9. The molecule has 0 spiro atoms. The van der Waals surface area contributed by atoms with E-state index >= 15 is 0 Å². The van der Waals surface area contributed by atoms with Gasteiger partial charge in [-0.25, -0.2) is 13.4 Å². The Hall–Kier alpha value is -4.22. The van der Waals surface area contributed by atoms with Gasteiger partial charge >= 0.3 is 0 Å². The van der Waals surface area contributed by atoms with Crippen LogP contribution in [0.1, 0.15) is 35.0 Å². The molecule has 0 aliphatic carbocycles. The van der Waals surface area contributed by atoms with Crippen LogP contribution >= 0.6 is 11.3 Å². The molecule has 5 aromatic rings. The Morgan fingerprint density at radius 1 is 1.07 bits per heavy atom. The molecule has 0 atom stereocenters. The molecule has 0 radical (unpaired) electrons. The third-order valence-electron chi connectivity index (χ3n) is 6.70. The van der Waals surface area contributed by atoms with Crippen molar-refractivity contribution in [3.63, 3.8) is 0 Å². The molecular weight excluding hydrogens is 546 g/mol. The lowest BCUT2D eigenvalue weighted by Crippen LogP contribution is -2.35. The molecule has 11 heteroatoms. The van der Waals surface area contributed by atoms with Crippen molar-refractivity contribution in [3.8, 4) is 10.9 Å². The molecule has 0 bridgehead atoms. The lowest BCUT2D eigenvalue weighted by molar-refractivity contribution is 0.102. The summed E-state index contributed by atoms with van der Waals surface area (Å²) in [5.74, 6) is 0.769. The number of fused-ring (bicyclic) bond motifs is 2. The molecule has 9 nitrogen and oxygen atoms in total. The fourth-order valence-electron chi connectivity index (χ4n) is 4.85. The van der Waals surface area contributed by atoms with Crippen LogP contribution in [0.15, 0.2) is 77.7 Å². The van der Waals surface area contributed by atoms with Crippen LogP contribution < -0.4 is 14.4 Å². The smallest absolute Gasteiger partial charge is 0.264 e. The van der Waals surface area contributed by atoms with Gasteiger partial charge in [0.2, 0.25) is 5.13 Å². The molecule has 0 saturated heterocycles. The Morgan fingerprint density at radius 3 is 2.67 bits per heavy atom. The van der Waals surface area contributed by atoms with E-state index in [-0.39, 0.29) is 10.8 Å². The van der Waals surface area contributed by atoms with Crippen molar-refractivity contribution in [1.82, 2.24) is 14.8 Å². The number of aromatic nitrogens is 3. The first-order valence-electron chi connectivity index (χ1n) is 13.0. The fraction of sp³-hybridized carbons (Fsp3) is 0.207. The Labute approximate surface area is 236 Å². The minimum atomic E-state index is -3.77. The summed E-state index contributed by atoms with van der Waals surface area (Å²) in [5.41, 5.74) is 3.50. The van der Waals surface area contributed by atoms with Crippen LogP contribution in [-0.4, -0.2) is 42.2 Å². The Bertz CT molecular complexity index is 1830. The number of hydrogen-bond acceptors (Lipinski definition) is 7. The summed E-state index contributed by atoms with van der Waals surface area (Å²) in [7, 11) is -3.77. The Balaban J connectivity index is 1.25. The monoisotopic (exact) mass is 573 g/mol. The molecule has 1 amide bonds. The first-order chi connectivity index (χ1) is 19.3. The number of ether oxygens (including phenoxy) is 1. The summed E-state index contributed by atoms with van der Waals surface area (Å²) in [6.07, 6.45) is 1.60. The van der Waals surface area contributed by atoms with Gasteiger partial charge in [0.25, 0.3) is 15.9 Å². The van der Waals surface area contributed by atoms with Gasteiger partial charge in [0, 0.05) is 18.2 Å². The van der Waals surface area contributed by atoms with E-state index in [1.807, 2.05) is 56.3 Å². The Morgan fingerprint density at radius 2 is 1.88 bits per heavy atom. The average molecular weight is 574 g/mol. The largest absolute Gasteiger partial charge is 0.492 e. The van der Waals surface area contributed by atoms with Gasteiger partial charge in [-0.3, -0.25) is 9.10 Å². The lowest BCUT2D eigenvalue weighted by atomic mass is 10.0. The molecule has 0 saturated carbocycles. The van der Waals surface area contributed by atoms with Crippen LogP contribution in [0.2, 0.25) is 0 Å². The van der Waals surface area contributed by atoms with Crippen LogP contribution in [-0.2, 0) is 16.4 Å². The molecule has 40 heavy (non-hydrogen) atoms.